The van der Waals surface area contributed by atoms with E-state index in [9.17, 15) is 8.42 Å². The standard InChI is InChI=1S/C13H18BrN7O2S/c1-19-10-9(11(14)18-19)16-7-17-12(10)21-5-13(6-21)3-8(4-13)20(2)24(15,22)23/h7-8H,3-6H2,1-2H3,(H2,15,22,23). The molecule has 2 fully saturated rings. The summed E-state index contributed by atoms with van der Waals surface area (Å²) >= 11 is 3.42. The van der Waals surface area contributed by atoms with E-state index < -0.39 is 10.2 Å². The number of anilines is 1. The third-order valence-electron chi connectivity index (χ3n) is 5.16. The van der Waals surface area contributed by atoms with Crippen molar-refractivity contribution in [3.05, 3.63) is 10.9 Å². The maximum absolute atomic E-state index is 11.4. The first-order valence-electron chi connectivity index (χ1n) is 7.54. The summed E-state index contributed by atoms with van der Waals surface area (Å²) < 4.78 is 26.6. The molecule has 2 N–H and O–H groups in total. The average molecular weight is 416 g/mol. The zero-order valence-corrected chi connectivity index (χ0v) is 15.7. The number of nitrogens with zero attached hydrogens (tertiary/aromatic N) is 6. The molecule has 11 heteroatoms. The Kier molecular flexibility index (Phi) is 3.44. The molecule has 3 heterocycles. The molecular formula is C13H18BrN7O2S. The first-order chi connectivity index (χ1) is 11.2. The topological polar surface area (TPSA) is 110 Å². The normalized spacial score (nSPS) is 20.6. The SMILES string of the molecule is CN(C1CC2(C1)CN(c1ncnc3c(Br)nn(C)c13)C2)S(N)(=O)=O. The van der Waals surface area contributed by atoms with E-state index in [0.29, 0.717) is 4.60 Å². The molecule has 0 amide bonds. The number of aryl methyl sites for hydroxylation is 1. The number of aromatic nitrogens is 4. The van der Waals surface area contributed by atoms with E-state index in [2.05, 4.69) is 35.9 Å². The van der Waals surface area contributed by atoms with Gasteiger partial charge in [0.05, 0.1) is 0 Å². The molecular weight excluding hydrogens is 398 g/mol. The molecule has 2 aromatic heterocycles. The van der Waals surface area contributed by atoms with Crippen LogP contribution in [0.2, 0.25) is 0 Å². The number of hydrogen-bond acceptors (Lipinski definition) is 6. The van der Waals surface area contributed by atoms with Gasteiger partial charge in [0.2, 0.25) is 0 Å². The van der Waals surface area contributed by atoms with Crippen LogP contribution in [-0.4, -0.2) is 58.7 Å². The molecule has 9 nitrogen and oxygen atoms in total. The number of rotatable bonds is 3. The first kappa shape index (κ1) is 16.2. The molecule has 1 spiro atoms. The fourth-order valence-corrected chi connectivity index (χ4v) is 4.95. The minimum Gasteiger partial charge on any atom is -0.353 e. The van der Waals surface area contributed by atoms with E-state index in [0.717, 1.165) is 42.8 Å². The lowest BCUT2D eigenvalue weighted by molar-refractivity contribution is 0.0207. The fraction of sp³-hybridized carbons (Fsp3) is 0.615. The average Bonchev–Trinajstić information content (AvgIpc) is 2.70. The van der Waals surface area contributed by atoms with Crippen molar-refractivity contribution in [3.63, 3.8) is 0 Å². The van der Waals surface area contributed by atoms with Crippen LogP contribution in [0.4, 0.5) is 5.82 Å². The highest BCUT2D eigenvalue weighted by molar-refractivity contribution is 9.10. The van der Waals surface area contributed by atoms with Crippen LogP contribution in [-0.2, 0) is 17.3 Å². The predicted molar refractivity (Wildman–Crippen MR) is 92.5 cm³/mol. The van der Waals surface area contributed by atoms with Gasteiger partial charge in [-0.2, -0.15) is 17.8 Å². The molecule has 1 aliphatic heterocycles. The maximum Gasteiger partial charge on any atom is 0.276 e. The molecule has 2 aromatic rings. The summed E-state index contributed by atoms with van der Waals surface area (Å²) in [6, 6.07) is -0.00147. The summed E-state index contributed by atoms with van der Waals surface area (Å²) in [5.74, 6) is 0.870. The Morgan fingerprint density at radius 3 is 2.67 bits per heavy atom. The molecule has 0 aromatic carbocycles. The van der Waals surface area contributed by atoms with E-state index >= 15 is 0 Å². The smallest absolute Gasteiger partial charge is 0.276 e. The largest absolute Gasteiger partial charge is 0.353 e. The van der Waals surface area contributed by atoms with Crippen molar-refractivity contribution in [1.82, 2.24) is 24.1 Å². The lowest BCUT2D eigenvalue weighted by Gasteiger charge is -2.60. The van der Waals surface area contributed by atoms with Crippen LogP contribution in [0.15, 0.2) is 10.9 Å². The molecule has 0 atom stereocenters. The van der Waals surface area contributed by atoms with Crippen molar-refractivity contribution >= 4 is 43.0 Å². The Balaban J connectivity index is 1.50. The van der Waals surface area contributed by atoms with Gasteiger partial charge in [-0.1, -0.05) is 0 Å². The van der Waals surface area contributed by atoms with Crippen molar-refractivity contribution < 1.29 is 8.42 Å². The molecule has 0 radical (unpaired) electrons. The van der Waals surface area contributed by atoms with E-state index in [-0.39, 0.29) is 11.5 Å². The van der Waals surface area contributed by atoms with E-state index in [1.165, 1.54) is 4.31 Å². The minimum absolute atomic E-state index is 0.00147. The van der Waals surface area contributed by atoms with Crippen LogP contribution in [0.1, 0.15) is 12.8 Å². The van der Waals surface area contributed by atoms with Crippen molar-refractivity contribution in [2.24, 2.45) is 17.6 Å². The van der Waals surface area contributed by atoms with E-state index in [4.69, 9.17) is 5.14 Å². The summed E-state index contributed by atoms with van der Waals surface area (Å²) in [4.78, 5) is 10.9. The highest BCUT2D eigenvalue weighted by Gasteiger charge is 2.55. The Labute approximate surface area is 148 Å². The highest BCUT2D eigenvalue weighted by Crippen LogP contribution is 2.51. The second-order valence-corrected chi connectivity index (χ2v) is 9.15. The fourth-order valence-electron chi connectivity index (χ4n) is 3.86. The van der Waals surface area contributed by atoms with Crippen LogP contribution in [0.5, 0.6) is 0 Å². The summed E-state index contributed by atoms with van der Waals surface area (Å²) in [5, 5.41) is 9.53. The number of nitrogens with two attached hydrogens (primary N) is 1. The minimum atomic E-state index is -3.61. The van der Waals surface area contributed by atoms with Crippen molar-refractivity contribution in [1.29, 1.82) is 0 Å². The number of halogens is 1. The van der Waals surface area contributed by atoms with Crippen LogP contribution < -0.4 is 10.0 Å². The molecule has 0 bridgehead atoms. The van der Waals surface area contributed by atoms with Crippen molar-refractivity contribution in [2.75, 3.05) is 25.0 Å². The molecule has 130 valence electrons. The van der Waals surface area contributed by atoms with E-state index in [1.54, 1.807) is 18.1 Å². The number of fused-ring (bicyclic) bond motifs is 1. The summed E-state index contributed by atoms with van der Waals surface area (Å²) in [6.07, 6.45) is 3.22. The molecule has 0 unspecified atom stereocenters. The Morgan fingerprint density at radius 1 is 1.38 bits per heavy atom. The zero-order chi connectivity index (χ0) is 17.3. The third-order valence-corrected chi connectivity index (χ3v) is 6.80. The van der Waals surface area contributed by atoms with Gasteiger partial charge in [-0.25, -0.2) is 15.1 Å². The Hall–Kier alpha value is -1.30. The van der Waals surface area contributed by atoms with Crippen LogP contribution in [0, 0.1) is 5.41 Å². The van der Waals surface area contributed by atoms with Gasteiger partial charge in [-0.05, 0) is 28.8 Å². The number of hydrogen-bond donors (Lipinski definition) is 1. The summed E-state index contributed by atoms with van der Waals surface area (Å²) in [6.45, 7) is 1.72. The molecule has 1 saturated heterocycles. The lowest BCUT2D eigenvalue weighted by Crippen LogP contribution is -2.67. The van der Waals surface area contributed by atoms with Gasteiger partial charge >= 0.3 is 0 Å². The third kappa shape index (κ3) is 2.33. The van der Waals surface area contributed by atoms with Crippen molar-refractivity contribution in [2.45, 2.75) is 18.9 Å². The van der Waals surface area contributed by atoms with Gasteiger partial charge in [0.15, 0.2) is 10.4 Å². The van der Waals surface area contributed by atoms with Gasteiger partial charge < -0.3 is 4.90 Å². The highest BCUT2D eigenvalue weighted by atomic mass is 79.9. The first-order valence-corrected chi connectivity index (χ1v) is 9.84. The van der Waals surface area contributed by atoms with Gasteiger partial charge in [0.25, 0.3) is 10.2 Å². The quantitative estimate of drug-likeness (QED) is 0.767. The Morgan fingerprint density at radius 2 is 2.04 bits per heavy atom. The second kappa shape index (κ2) is 5.10. The summed E-state index contributed by atoms with van der Waals surface area (Å²) in [7, 11) is -0.195. The van der Waals surface area contributed by atoms with Crippen molar-refractivity contribution in [3.8, 4) is 0 Å². The summed E-state index contributed by atoms with van der Waals surface area (Å²) in [5.41, 5.74) is 1.86. The van der Waals surface area contributed by atoms with Crippen LogP contribution >= 0.6 is 15.9 Å². The maximum atomic E-state index is 11.4. The molecule has 4 rings (SSSR count). The van der Waals surface area contributed by atoms with Crippen LogP contribution in [0.25, 0.3) is 11.0 Å². The van der Waals surface area contributed by atoms with Gasteiger partial charge in [0, 0.05) is 38.6 Å². The molecule has 1 saturated carbocycles. The van der Waals surface area contributed by atoms with Gasteiger partial charge in [-0.3, -0.25) is 4.68 Å². The second-order valence-electron chi connectivity index (χ2n) is 6.79. The molecule has 24 heavy (non-hydrogen) atoms. The predicted octanol–water partition coefficient (Wildman–Crippen LogP) is 0.230. The van der Waals surface area contributed by atoms with Crippen LogP contribution in [0.3, 0.4) is 0 Å². The van der Waals surface area contributed by atoms with E-state index in [1.807, 2.05) is 7.05 Å². The zero-order valence-electron chi connectivity index (χ0n) is 13.3. The van der Waals surface area contributed by atoms with Gasteiger partial charge in [-0.15, -0.1) is 0 Å². The monoisotopic (exact) mass is 415 g/mol. The Bertz CT molecular complexity index is 914. The molecule has 2 aliphatic rings. The lowest BCUT2D eigenvalue weighted by atomic mass is 9.60. The van der Waals surface area contributed by atoms with Gasteiger partial charge in [0.1, 0.15) is 17.4 Å². The molecule has 1 aliphatic carbocycles.